The fraction of sp³-hybridized carbons (Fsp3) is 0.333. The number of amides is 1. The van der Waals surface area contributed by atoms with Gasteiger partial charge in [0.25, 0.3) is 5.91 Å². The third-order valence-corrected chi connectivity index (χ3v) is 6.52. The Bertz CT molecular complexity index is 1390. The minimum absolute atomic E-state index is 0.235. The van der Waals surface area contributed by atoms with E-state index in [-0.39, 0.29) is 11.6 Å². The van der Waals surface area contributed by atoms with Crippen molar-refractivity contribution in [2.24, 2.45) is 5.41 Å². The lowest BCUT2D eigenvalue weighted by Gasteiger charge is -2.60. The molecule has 7 nitrogen and oxygen atoms in total. The van der Waals surface area contributed by atoms with Crippen molar-refractivity contribution < 1.29 is 13.6 Å². The van der Waals surface area contributed by atoms with Crippen molar-refractivity contribution in [3.8, 4) is 0 Å². The maximum absolute atomic E-state index is 14.4. The molecule has 1 aromatic carbocycles. The maximum atomic E-state index is 14.4. The fourth-order valence-electron chi connectivity index (χ4n) is 5.37. The Hall–Kier alpha value is -3.39. The van der Waals surface area contributed by atoms with Crippen LogP contribution in [0.2, 0.25) is 0 Å². The lowest BCUT2D eigenvalue weighted by atomic mass is 9.73. The largest absolute Gasteiger partial charge is 0.460 e. The number of imidazole rings is 1. The summed E-state index contributed by atoms with van der Waals surface area (Å²) in [5.41, 5.74) is 3.79. The van der Waals surface area contributed by atoms with E-state index < -0.39 is 5.82 Å². The number of hydrogen-bond donors (Lipinski definition) is 1. The van der Waals surface area contributed by atoms with Crippen LogP contribution < -0.4 is 10.2 Å². The van der Waals surface area contributed by atoms with Gasteiger partial charge in [0.15, 0.2) is 11.5 Å². The SMILES string of the molecule is Cc1cn2cc(NC(=O)c3ccc(N4CC5(CN(C)C5)C4)c4cc(C)oc34)cc(F)c2n1. The molecule has 8 heteroatoms. The van der Waals surface area contributed by atoms with Crippen molar-refractivity contribution in [3.63, 3.8) is 0 Å². The fourth-order valence-corrected chi connectivity index (χ4v) is 5.37. The molecule has 32 heavy (non-hydrogen) atoms. The Morgan fingerprint density at radius 2 is 1.94 bits per heavy atom. The van der Waals surface area contributed by atoms with E-state index in [4.69, 9.17) is 4.42 Å². The second-order valence-electron chi connectivity index (χ2n) is 9.40. The number of furan rings is 1. The number of rotatable bonds is 3. The van der Waals surface area contributed by atoms with E-state index in [1.165, 1.54) is 6.07 Å². The van der Waals surface area contributed by atoms with Gasteiger partial charge < -0.3 is 23.9 Å². The Balaban J connectivity index is 1.30. The van der Waals surface area contributed by atoms with E-state index in [2.05, 4.69) is 27.1 Å². The second kappa shape index (κ2) is 6.56. The predicted molar refractivity (Wildman–Crippen MR) is 121 cm³/mol. The van der Waals surface area contributed by atoms with E-state index in [0.29, 0.717) is 27.9 Å². The number of carbonyl (C=O) groups excluding carboxylic acids is 1. The first-order valence-electron chi connectivity index (χ1n) is 10.7. The molecule has 2 saturated heterocycles. The van der Waals surface area contributed by atoms with E-state index in [9.17, 15) is 9.18 Å². The van der Waals surface area contributed by atoms with Gasteiger partial charge in [-0.05, 0) is 39.1 Å². The molecule has 0 atom stereocenters. The first-order chi connectivity index (χ1) is 15.3. The van der Waals surface area contributed by atoms with Gasteiger partial charge in [0, 0.05) is 61.1 Å². The van der Waals surface area contributed by atoms with Gasteiger partial charge in [-0.3, -0.25) is 4.79 Å². The second-order valence-corrected chi connectivity index (χ2v) is 9.40. The van der Waals surface area contributed by atoms with Gasteiger partial charge in [0.05, 0.1) is 16.9 Å². The number of aryl methyl sites for hydroxylation is 2. The zero-order valence-corrected chi connectivity index (χ0v) is 18.3. The van der Waals surface area contributed by atoms with Crippen LogP contribution in [0.4, 0.5) is 15.8 Å². The summed E-state index contributed by atoms with van der Waals surface area (Å²) in [6.07, 6.45) is 3.38. The normalized spacial score (nSPS) is 17.7. The van der Waals surface area contributed by atoms with Gasteiger partial charge >= 0.3 is 0 Å². The van der Waals surface area contributed by atoms with Gasteiger partial charge in [-0.15, -0.1) is 0 Å². The number of pyridine rings is 1. The highest BCUT2D eigenvalue weighted by Gasteiger charge is 2.50. The van der Waals surface area contributed by atoms with Gasteiger partial charge in [0.2, 0.25) is 0 Å². The molecule has 3 aromatic heterocycles. The highest BCUT2D eigenvalue weighted by atomic mass is 19.1. The zero-order chi connectivity index (χ0) is 22.2. The average Bonchev–Trinajstić information content (AvgIpc) is 3.24. The minimum Gasteiger partial charge on any atom is -0.460 e. The molecule has 2 aliphatic heterocycles. The first kappa shape index (κ1) is 19.3. The van der Waals surface area contributed by atoms with Crippen LogP contribution in [0.15, 0.2) is 41.1 Å². The summed E-state index contributed by atoms with van der Waals surface area (Å²) < 4.78 is 21.9. The van der Waals surface area contributed by atoms with Crippen molar-refractivity contribution in [3.05, 3.63) is 59.5 Å². The van der Waals surface area contributed by atoms with E-state index >= 15 is 0 Å². The number of benzene rings is 1. The standard InChI is InChI=1S/C24H24FN5O2/c1-14-8-29-9-16(7-19(25)22(29)26-14)27-23(31)17-4-5-20(18-6-15(2)32-21(17)18)30-12-24(13-30)10-28(3)11-24/h4-9H,10-13H2,1-3H3,(H,27,31). The van der Waals surface area contributed by atoms with Crippen molar-refractivity contribution >= 4 is 33.9 Å². The van der Waals surface area contributed by atoms with Crippen LogP contribution >= 0.6 is 0 Å². The molecular formula is C24H24FN5O2. The van der Waals surface area contributed by atoms with Gasteiger partial charge in [0.1, 0.15) is 11.3 Å². The van der Waals surface area contributed by atoms with Crippen LogP contribution in [0, 0.1) is 25.1 Å². The Morgan fingerprint density at radius 3 is 2.69 bits per heavy atom. The van der Waals surface area contributed by atoms with Crippen LogP contribution in [0.1, 0.15) is 21.8 Å². The summed E-state index contributed by atoms with van der Waals surface area (Å²) in [6, 6.07) is 7.06. The summed E-state index contributed by atoms with van der Waals surface area (Å²) in [4.78, 5) is 22.0. The van der Waals surface area contributed by atoms with Crippen LogP contribution in [0.5, 0.6) is 0 Å². The number of aromatic nitrogens is 2. The van der Waals surface area contributed by atoms with Crippen molar-refractivity contribution in [1.82, 2.24) is 14.3 Å². The number of hydrogen-bond acceptors (Lipinski definition) is 5. The summed E-state index contributed by atoms with van der Waals surface area (Å²) in [7, 11) is 2.15. The molecule has 5 heterocycles. The monoisotopic (exact) mass is 433 g/mol. The molecule has 4 aromatic rings. The van der Waals surface area contributed by atoms with Crippen LogP contribution in [-0.2, 0) is 0 Å². The predicted octanol–water partition coefficient (Wildman–Crippen LogP) is 3.84. The number of likely N-dealkylation sites (tertiary alicyclic amines) is 1. The molecule has 0 unspecified atom stereocenters. The molecule has 1 amide bonds. The highest BCUT2D eigenvalue weighted by molar-refractivity contribution is 6.13. The van der Waals surface area contributed by atoms with Crippen molar-refractivity contribution in [2.45, 2.75) is 13.8 Å². The number of anilines is 2. The first-order valence-corrected chi connectivity index (χ1v) is 10.7. The molecule has 2 aliphatic rings. The molecule has 0 bridgehead atoms. The zero-order valence-electron chi connectivity index (χ0n) is 18.3. The molecule has 1 spiro atoms. The molecule has 1 N–H and O–H groups in total. The quantitative estimate of drug-likeness (QED) is 0.532. The molecule has 2 fully saturated rings. The van der Waals surface area contributed by atoms with Crippen molar-refractivity contribution in [1.29, 1.82) is 0 Å². The topological polar surface area (TPSA) is 66.0 Å². The lowest BCUT2D eigenvalue weighted by molar-refractivity contribution is -0.00224. The number of halogens is 1. The molecule has 0 saturated carbocycles. The minimum atomic E-state index is -0.487. The lowest BCUT2D eigenvalue weighted by Crippen LogP contribution is -2.71. The molecular weight excluding hydrogens is 409 g/mol. The number of nitrogens with one attached hydrogen (secondary N) is 1. The summed E-state index contributed by atoms with van der Waals surface area (Å²) in [6.45, 7) is 7.99. The smallest absolute Gasteiger partial charge is 0.259 e. The Labute approximate surface area is 184 Å². The number of fused-ring (bicyclic) bond motifs is 2. The third kappa shape index (κ3) is 2.90. The Morgan fingerprint density at radius 1 is 1.16 bits per heavy atom. The molecule has 0 aliphatic carbocycles. The highest BCUT2D eigenvalue weighted by Crippen LogP contribution is 2.44. The average molecular weight is 433 g/mol. The Kier molecular flexibility index (Phi) is 3.96. The van der Waals surface area contributed by atoms with Gasteiger partial charge in [-0.1, -0.05) is 0 Å². The van der Waals surface area contributed by atoms with Gasteiger partial charge in [-0.2, -0.15) is 0 Å². The van der Waals surface area contributed by atoms with E-state index in [0.717, 1.165) is 43.0 Å². The van der Waals surface area contributed by atoms with Crippen LogP contribution in [0.25, 0.3) is 16.6 Å². The molecule has 0 radical (unpaired) electrons. The number of carbonyl (C=O) groups is 1. The third-order valence-electron chi connectivity index (χ3n) is 6.52. The van der Waals surface area contributed by atoms with E-state index in [1.807, 2.05) is 19.1 Å². The molecule has 164 valence electrons. The number of nitrogens with zero attached hydrogens (tertiary/aromatic N) is 4. The van der Waals surface area contributed by atoms with Gasteiger partial charge in [-0.25, -0.2) is 9.37 Å². The van der Waals surface area contributed by atoms with E-state index in [1.54, 1.807) is 29.8 Å². The van der Waals surface area contributed by atoms with Crippen LogP contribution in [-0.4, -0.2) is 53.4 Å². The van der Waals surface area contributed by atoms with Crippen LogP contribution in [0.3, 0.4) is 0 Å². The van der Waals surface area contributed by atoms with Crippen molar-refractivity contribution in [2.75, 3.05) is 43.4 Å². The molecule has 6 rings (SSSR count). The summed E-state index contributed by atoms with van der Waals surface area (Å²) in [5.74, 6) is -0.0766. The summed E-state index contributed by atoms with van der Waals surface area (Å²) in [5, 5.41) is 3.74. The summed E-state index contributed by atoms with van der Waals surface area (Å²) >= 11 is 0. The maximum Gasteiger partial charge on any atom is 0.259 e.